The zero-order chi connectivity index (χ0) is 16.4. The Morgan fingerprint density at radius 1 is 1.26 bits per heavy atom. The summed E-state index contributed by atoms with van der Waals surface area (Å²) in [6.45, 7) is 2.61. The minimum absolute atomic E-state index is 0.0564. The molecule has 1 atom stereocenters. The quantitative estimate of drug-likeness (QED) is 0.936. The van der Waals surface area contributed by atoms with Gasteiger partial charge < -0.3 is 10.0 Å². The number of aliphatic hydroxyl groups excluding tert-OH is 1. The smallest absolute Gasteiger partial charge is 0.396 e. The molecule has 5 nitrogen and oxygen atoms in total. The summed E-state index contributed by atoms with van der Waals surface area (Å²) in [5, 5.41) is 17.1. The van der Waals surface area contributed by atoms with Gasteiger partial charge in [0.25, 0.3) is 0 Å². The number of halogens is 3. The van der Waals surface area contributed by atoms with E-state index in [4.69, 9.17) is 5.11 Å². The summed E-state index contributed by atoms with van der Waals surface area (Å²) in [6, 6.07) is 2.38. The minimum atomic E-state index is -4.38. The monoisotopic (exact) mass is 328 g/mol. The van der Waals surface area contributed by atoms with E-state index in [1.54, 1.807) is 0 Å². The Labute approximate surface area is 131 Å². The second kappa shape index (κ2) is 6.45. The number of rotatable bonds is 4. The highest BCUT2D eigenvalue weighted by atomic mass is 19.4. The van der Waals surface area contributed by atoms with Crippen molar-refractivity contribution in [2.24, 2.45) is 0 Å². The van der Waals surface area contributed by atoms with Crippen molar-refractivity contribution in [3.05, 3.63) is 29.7 Å². The van der Waals surface area contributed by atoms with Crippen LogP contribution in [-0.4, -0.2) is 50.8 Å². The van der Waals surface area contributed by atoms with Crippen LogP contribution < -0.4 is 0 Å². The van der Waals surface area contributed by atoms with Gasteiger partial charge in [-0.3, -0.25) is 4.40 Å². The molecule has 2 aromatic rings. The molecule has 2 aromatic heterocycles. The van der Waals surface area contributed by atoms with Crippen molar-refractivity contribution in [2.75, 3.05) is 26.2 Å². The summed E-state index contributed by atoms with van der Waals surface area (Å²) in [5.41, 5.74) is -0.264. The lowest BCUT2D eigenvalue weighted by atomic mass is 9.97. The van der Waals surface area contributed by atoms with Crippen LogP contribution >= 0.6 is 0 Å². The second-order valence-corrected chi connectivity index (χ2v) is 5.92. The summed E-state index contributed by atoms with van der Waals surface area (Å²) >= 11 is 0. The molecule has 0 aromatic carbocycles. The molecule has 1 aliphatic heterocycles. The first-order valence-electron chi connectivity index (χ1n) is 7.74. The number of hydrogen-bond donors (Lipinski definition) is 1. The first-order valence-corrected chi connectivity index (χ1v) is 7.74. The van der Waals surface area contributed by atoms with Crippen LogP contribution in [0.4, 0.5) is 13.2 Å². The van der Waals surface area contributed by atoms with Gasteiger partial charge in [0.05, 0.1) is 5.56 Å². The molecular formula is C15H19F3N4O. The van der Waals surface area contributed by atoms with Crippen molar-refractivity contribution in [3.8, 4) is 0 Å². The fraction of sp³-hybridized carbons (Fsp3) is 0.600. The van der Waals surface area contributed by atoms with Crippen LogP contribution in [0.25, 0.3) is 5.65 Å². The Hall–Kier alpha value is -1.67. The number of aliphatic hydroxyl groups is 1. The van der Waals surface area contributed by atoms with Gasteiger partial charge in [0.1, 0.15) is 5.82 Å². The molecule has 8 heteroatoms. The molecule has 3 heterocycles. The number of pyridine rings is 1. The predicted molar refractivity (Wildman–Crippen MR) is 78.1 cm³/mol. The van der Waals surface area contributed by atoms with E-state index >= 15 is 0 Å². The van der Waals surface area contributed by atoms with E-state index in [1.807, 2.05) is 0 Å². The molecule has 1 N–H and O–H groups in total. The molecule has 1 aliphatic rings. The molecule has 23 heavy (non-hydrogen) atoms. The van der Waals surface area contributed by atoms with Crippen LogP contribution in [0.5, 0.6) is 0 Å². The van der Waals surface area contributed by atoms with Gasteiger partial charge >= 0.3 is 6.18 Å². The van der Waals surface area contributed by atoms with Crippen LogP contribution in [0.3, 0.4) is 0 Å². The van der Waals surface area contributed by atoms with Crippen LogP contribution in [0.2, 0.25) is 0 Å². The highest BCUT2D eigenvalue weighted by Crippen LogP contribution is 2.31. The van der Waals surface area contributed by atoms with Gasteiger partial charge in [0.2, 0.25) is 0 Å². The van der Waals surface area contributed by atoms with Crippen molar-refractivity contribution < 1.29 is 18.3 Å². The van der Waals surface area contributed by atoms with E-state index in [9.17, 15) is 13.2 Å². The Morgan fingerprint density at radius 2 is 2.09 bits per heavy atom. The molecule has 0 bridgehead atoms. The highest BCUT2D eigenvalue weighted by Gasteiger charge is 2.32. The molecule has 0 aliphatic carbocycles. The highest BCUT2D eigenvalue weighted by molar-refractivity contribution is 5.40. The molecule has 126 valence electrons. The second-order valence-electron chi connectivity index (χ2n) is 5.92. The third-order valence-electron chi connectivity index (χ3n) is 4.26. The Bertz CT molecular complexity index is 670. The summed E-state index contributed by atoms with van der Waals surface area (Å²) in [6.07, 6.45) is -0.755. The first kappa shape index (κ1) is 16.2. The van der Waals surface area contributed by atoms with Crippen LogP contribution in [0.15, 0.2) is 18.3 Å². The van der Waals surface area contributed by atoms with Crippen molar-refractivity contribution in [1.82, 2.24) is 19.5 Å². The molecule has 1 unspecified atom stereocenters. The van der Waals surface area contributed by atoms with Crippen molar-refractivity contribution in [3.63, 3.8) is 0 Å². The van der Waals surface area contributed by atoms with Crippen molar-refractivity contribution in [1.29, 1.82) is 0 Å². The van der Waals surface area contributed by atoms with E-state index in [-0.39, 0.29) is 12.5 Å². The van der Waals surface area contributed by atoms with Gasteiger partial charge in [-0.1, -0.05) is 0 Å². The molecule has 3 rings (SSSR count). The van der Waals surface area contributed by atoms with E-state index in [1.165, 1.54) is 10.5 Å². The Kier molecular flexibility index (Phi) is 4.54. The molecule has 0 amide bonds. The summed E-state index contributed by atoms with van der Waals surface area (Å²) in [5.74, 6) is 0.640. The fourth-order valence-corrected chi connectivity index (χ4v) is 3.12. The lowest BCUT2D eigenvalue weighted by Crippen LogP contribution is -2.36. The number of likely N-dealkylation sites (tertiary alicyclic amines) is 1. The number of nitrogens with zero attached hydrogens (tertiary/aromatic N) is 4. The standard InChI is InChI=1S/C15H19F3N4O/c16-15(17,18)12-4-5-13-19-20-14(22(13)10-12)11-3-1-6-21(9-11)7-2-8-23/h4-5,10-11,23H,1-3,6-9H2. The number of hydrogen-bond acceptors (Lipinski definition) is 4. The van der Waals surface area contributed by atoms with Gasteiger partial charge in [-0.05, 0) is 37.9 Å². The van der Waals surface area contributed by atoms with Gasteiger partial charge in [0.15, 0.2) is 5.65 Å². The molecule has 1 saturated heterocycles. The summed E-state index contributed by atoms with van der Waals surface area (Å²) < 4.78 is 40.2. The fourth-order valence-electron chi connectivity index (χ4n) is 3.12. The zero-order valence-corrected chi connectivity index (χ0v) is 12.6. The normalized spacial score (nSPS) is 20.3. The van der Waals surface area contributed by atoms with Crippen molar-refractivity contribution >= 4 is 5.65 Å². The van der Waals surface area contributed by atoms with Crippen molar-refractivity contribution in [2.45, 2.75) is 31.4 Å². The molecule has 1 fully saturated rings. The number of piperidine rings is 1. The lowest BCUT2D eigenvalue weighted by Gasteiger charge is -2.31. The van der Waals surface area contributed by atoms with Gasteiger partial charge in [-0.25, -0.2) is 0 Å². The average Bonchev–Trinajstić information content (AvgIpc) is 2.95. The Balaban J connectivity index is 1.87. The predicted octanol–water partition coefficient (Wildman–Crippen LogP) is 2.31. The Morgan fingerprint density at radius 3 is 2.83 bits per heavy atom. The SMILES string of the molecule is OCCCN1CCCC(c2nnc3ccc(C(F)(F)F)cn23)C1. The van der Waals surface area contributed by atoms with E-state index in [0.717, 1.165) is 44.7 Å². The molecule has 0 spiro atoms. The van der Waals surface area contributed by atoms with Gasteiger partial charge in [-0.2, -0.15) is 13.2 Å². The van der Waals surface area contributed by atoms with Crippen LogP contribution in [0.1, 0.15) is 36.6 Å². The maximum atomic E-state index is 12.9. The lowest BCUT2D eigenvalue weighted by molar-refractivity contribution is -0.137. The van der Waals surface area contributed by atoms with Gasteiger partial charge in [0, 0.05) is 31.8 Å². The topological polar surface area (TPSA) is 53.7 Å². The average molecular weight is 328 g/mol. The minimum Gasteiger partial charge on any atom is -0.396 e. The molecular weight excluding hydrogens is 309 g/mol. The summed E-state index contributed by atoms with van der Waals surface area (Å²) in [7, 11) is 0. The number of alkyl halides is 3. The largest absolute Gasteiger partial charge is 0.417 e. The van der Waals surface area contributed by atoms with Crippen LogP contribution in [-0.2, 0) is 6.18 Å². The third kappa shape index (κ3) is 3.48. The first-order chi connectivity index (χ1) is 11.0. The zero-order valence-electron chi connectivity index (χ0n) is 12.6. The summed E-state index contributed by atoms with van der Waals surface area (Å²) in [4.78, 5) is 2.22. The molecule has 0 saturated carbocycles. The van der Waals surface area contributed by atoms with Crippen LogP contribution in [0, 0.1) is 0 Å². The number of aromatic nitrogens is 3. The maximum absolute atomic E-state index is 12.9. The maximum Gasteiger partial charge on any atom is 0.417 e. The third-order valence-corrected chi connectivity index (χ3v) is 4.26. The van der Waals surface area contributed by atoms with E-state index < -0.39 is 11.7 Å². The molecule has 0 radical (unpaired) electrons. The van der Waals surface area contributed by atoms with E-state index in [0.29, 0.717) is 17.9 Å². The van der Waals surface area contributed by atoms with Gasteiger partial charge in [-0.15, -0.1) is 10.2 Å². The number of fused-ring (bicyclic) bond motifs is 1. The van der Waals surface area contributed by atoms with E-state index in [2.05, 4.69) is 15.1 Å².